The Morgan fingerprint density at radius 2 is 2.00 bits per heavy atom. The third-order valence-electron chi connectivity index (χ3n) is 2.57. The number of phenols is 1. The first-order valence-corrected chi connectivity index (χ1v) is 4.73. The first kappa shape index (κ1) is 15.2. The molecule has 16 heavy (non-hydrogen) atoms. The molecule has 0 saturated carbocycles. The zero-order valence-corrected chi connectivity index (χ0v) is 10.1. The van der Waals surface area contributed by atoms with Gasteiger partial charge in [0.05, 0.1) is 0 Å². The predicted octanol–water partition coefficient (Wildman–Crippen LogP) is 1.97. The molecule has 0 saturated heterocycles. The normalized spacial score (nSPS) is 13.1. The molecule has 4 N–H and O–H groups in total. The summed E-state index contributed by atoms with van der Waals surface area (Å²) >= 11 is 0. The Labute approximate surface area is 101 Å². The summed E-state index contributed by atoms with van der Waals surface area (Å²) in [6.45, 7) is 3.37. The molecule has 1 atom stereocenters. The van der Waals surface area contributed by atoms with E-state index in [1.54, 1.807) is 13.8 Å². The largest absolute Gasteiger partial charge is 0.508 e. The Hall–Kier alpha value is -0.840. The molecule has 92 valence electrons. The zero-order chi connectivity index (χ0) is 11.6. The lowest BCUT2D eigenvalue weighted by molar-refractivity contribution is 0.131. The number of aromatic hydroxyl groups is 1. The molecule has 0 spiro atoms. The zero-order valence-electron chi connectivity index (χ0n) is 9.27. The van der Waals surface area contributed by atoms with Gasteiger partial charge in [0.25, 0.3) is 0 Å². The minimum Gasteiger partial charge on any atom is -0.508 e. The van der Waals surface area contributed by atoms with E-state index in [1.165, 1.54) is 12.1 Å². The maximum absolute atomic E-state index is 13.0. The standard InChI is InChI=1S/C11H16FNO2.ClH/c1-11(2,6-14)10(13)8-5-7(12)3-4-9(8)15;/h3-5,10,14-15H,6,13H2,1-2H3;1H/t10-;/m1./s1. The van der Waals surface area contributed by atoms with Crippen molar-refractivity contribution in [2.75, 3.05) is 6.61 Å². The highest BCUT2D eigenvalue weighted by Gasteiger charge is 2.29. The van der Waals surface area contributed by atoms with Crippen molar-refractivity contribution in [3.63, 3.8) is 0 Å². The van der Waals surface area contributed by atoms with Gasteiger partial charge in [-0.1, -0.05) is 13.8 Å². The third-order valence-corrected chi connectivity index (χ3v) is 2.57. The van der Waals surface area contributed by atoms with Gasteiger partial charge >= 0.3 is 0 Å². The molecule has 1 aromatic rings. The maximum Gasteiger partial charge on any atom is 0.123 e. The number of hydrogen-bond donors (Lipinski definition) is 3. The average molecular weight is 250 g/mol. The van der Waals surface area contributed by atoms with Gasteiger partial charge in [-0.2, -0.15) is 0 Å². The molecule has 1 rings (SSSR count). The third kappa shape index (κ3) is 3.07. The lowest BCUT2D eigenvalue weighted by atomic mass is 9.81. The number of halogens is 2. The first-order valence-electron chi connectivity index (χ1n) is 4.73. The van der Waals surface area contributed by atoms with Gasteiger partial charge < -0.3 is 15.9 Å². The fraction of sp³-hybridized carbons (Fsp3) is 0.455. The van der Waals surface area contributed by atoms with Crippen molar-refractivity contribution < 1.29 is 14.6 Å². The van der Waals surface area contributed by atoms with E-state index in [9.17, 15) is 9.50 Å². The monoisotopic (exact) mass is 249 g/mol. The van der Waals surface area contributed by atoms with Gasteiger partial charge in [-0.3, -0.25) is 0 Å². The summed E-state index contributed by atoms with van der Waals surface area (Å²) in [7, 11) is 0. The Balaban J connectivity index is 0.00000225. The summed E-state index contributed by atoms with van der Waals surface area (Å²) < 4.78 is 13.0. The van der Waals surface area contributed by atoms with Crippen LogP contribution in [0.2, 0.25) is 0 Å². The molecule has 5 heteroatoms. The van der Waals surface area contributed by atoms with Gasteiger partial charge in [0.2, 0.25) is 0 Å². The van der Waals surface area contributed by atoms with Crippen molar-refractivity contribution in [3.8, 4) is 5.75 Å². The quantitative estimate of drug-likeness (QED) is 0.767. The average Bonchev–Trinajstić information content (AvgIpc) is 2.20. The lowest BCUT2D eigenvalue weighted by Crippen LogP contribution is -2.32. The Kier molecular flexibility index (Phi) is 5.19. The highest BCUT2D eigenvalue weighted by Crippen LogP contribution is 2.35. The van der Waals surface area contributed by atoms with E-state index in [4.69, 9.17) is 10.8 Å². The molecule has 0 aliphatic carbocycles. The van der Waals surface area contributed by atoms with Crippen LogP contribution in [0.1, 0.15) is 25.5 Å². The minimum absolute atomic E-state index is 0. The minimum atomic E-state index is -0.613. The Morgan fingerprint density at radius 3 is 2.50 bits per heavy atom. The smallest absolute Gasteiger partial charge is 0.123 e. The van der Waals surface area contributed by atoms with Crippen molar-refractivity contribution in [2.24, 2.45) is 11.1 Å². The van der Waals surface area contributed by atoms with E-state index >= 15 is 0 Å². The highest BCUT2D eigenvalue weighted by atomic mass is 35.5. The van der Waals surface area contributed by atoms with Gasteiger partial charge in [0.1, 0.15) is 11.6 Å². The number of rotatable bonds is 3. The van der Waals surface area contributed by atoms with Gasteiger partial charge in [-0.05, 0) is 18.2 Å². The van der Waals surface area contributed by atoms with Crippen molar-refractivity contribution >= 4 is 12.4 Å². The molecule has 0 aliphatic rings. The van der Waals surface area contributed by atoms with Crippen LogP contribution >= 0.6 is 12.4 Å². The van der Waals surface area contributed by atoms with Crippen molar-refractivity contribution in [1.82, 2.24) is 0 Å². The molecule has 3 nitrogen and oxygen atoms in total. The molecule has 0 fully saturated rings. The molecule has 0 unspecified atom stereocenters. The fourth-order valence-electron chi connectivity index (χ4n) is 1.29. The van der Waals surface area contributed by atoms with Crippen LogP contribution in [0.25, 0.3) is 0 Å². The van der Waals surface area contributed by atoms with Crippen LogP contribution in [0.4, 0.5) is 4.39 Å². The SMILES string of the molecule is CC(C)(CO)[C@H](N)c1cc(F)ccc1O.Cl. The summed E-state index contributed by atoms with van der Waals surface area (Å²) in [5, 5.41) is 18.7. The van der Waals surface area contributed by atoms with Gasteiger partial charge in [-0.25, -0.2) is 4.39 Å². The second-order valence-corrected chi connectivity index (χ2v) is 4.33. The van der Waals surface area contributed by atoms with Crippen LogP contribution in [0, 0.1) is 11.2 Å². The van der Waals surface area contributed by atoms with Crippen LogP contribution in [-0.2, 0) is 0 Å². The molecule has 0 aliphatic heterocycles. The summed E-state index contributed by atoms with van der Waals surface area (Å²) in [6.07, 6.45) is 0. The fourth-order valence-corrected chi connectivity index (χ4v) is 1.29. The highest BCUT2D eigenvalue weighted by molar-refractivity contribution is 5.85. The molecule has 0 aromatic heterocycles. The second-order valence-electron chi connectivity index (χ2n) is 4.33. The molecule has 0 heterocycles. The molecule has 0 bridgehead atoms. The second kappa shape index (κ2) is 5.48. The van der Waals surface area contributed by atoms with Crippen molar-refractivity contribution in [1.29, 1.82) is 0 Å². The summed E-state index contributed by atoms with van der Waals surface area (Å²) in [6, 6.07) is 3.01. The molecule has 0 radical (unpaired) electrons. The number of nitrogens with two attached hydrogens (primary N) is 1. The maximum atomic E-state index is 13.0. The summed E-state index contributed by atoms with van der Waals surface area (Å²) in [4.78, 5) is 0. The molecule has 1 aromatic carbocycles. The summed E-state index contributed by atoms with van der Waals surface area (Å²) in [5.74, 6) is -0.502. The van der Waals surface area contributed by atoms with E-state index in [0.717, 1.165) is 6.07 Å². The predicted molar refractivity (Wildman–Crippen MR) is 63.1 cm³/mol. The lowest BCUT2D eigenvalue weighted by Gasteiger charge is -2.30. The van der Waals surface area contributed by atoms with E-state index in [1.807, 2.05) is 0 Å². The van der Waals surface area contributed by atoms with Crippen molar-refractivity contribution in [2.45, 2.75) is 19.9 Å². The number of hydrogen-bond acceptors (Lipinski definition) is 3. The number of phenolic OH excluding ortho intramolecular Hbond substituents is 1. The van der Waals surface area contributed by atoms with E-state index in [-0.39, 0.29) is 24.8 Å². The molecular formula is C11H17ClFNO2. The van der Waals surface area contributed by atoms with Crippen LogP contribution in [0.5, 0.6) is 5.75 Å². The van der Waals surface area contributed by atoms with E-state index in [2.05, 4.69) is 0 Å². The molecule has 0 amide bonds. The van der Waals surface area contributed by atoms with Crippen LogP contribution in [0.3, 0.4) is 0 Å². The van der Waals surface area contributed by atoms with Gasteiger partial charge in [-0.15, -0.1) is 12.4 Å². The van der Waals surface area contributed by atoms with Gasteiger partial charge in [0, 0.05) is 23.6 Å². The first-order chi connectivity index (χ1) is 6.88. The van der Waals surface area contributed by atoms with Gasteiger partial charge in [0.15, 0.2) is 0 Å². The number of aliphatic hydroxyl groups excluding tert-OH is 1. The van der Waals surface area contributed by atoms with Crippen LogP contribution < -0.4 is 5.73 Å². The van der Waals surface area contributed by atoms with E-state index < -0.39 is 17.3 Å². The topological polar surface area (TPSA) is 66.5 Å². The molecular weight excluding hydrogens is 233 g/mol. The Bertz CT molecular complexity index is 358. The Morgan fingerprint density at radius 1 is 1.44 bits per heavy atom. The van der Waals surface area contributed by atoms with Crippen LogP contribution in [0.15, 0.2) is 18.2 Å². The van der Waals surface area contributed by atoms with Crippen LogP contribution in [-0.4, -0.2) is 16.8 Å². The summed E-state index contributed by atoms with van der Waals surface area (Å²) in [5.41, 5.74) is 5.57. The van der Waals surface area contributed by atoms with E-state index in [0.29, 0.717) is 5.56 Å². The van der Waals surface area contributed by atoms with Crippen molar-refractivity contribution in [3.05, 3.63) is 29.6 Å². The number of aliphatic hydroxyl groups is 1. The number of benzene rings is 1.